The number of aliphatic hydroxyl groups excluding tert-OH is 1. The van der Waals surface area contributed by atoms with Gasteiger partial charge in [0.2, 0.25) is 0 Å². The van der Waals surface area contributed by atoms with Crippen LogP contribution in [0.2, 0.25) is 5.02 Å². The Morgan fingerprint density at radius 2 is 2.28 bits per heavy atom. The van der Waals surface area contributed by atoms with Gasteiger partial charge in [-0.05, 0) is 31.5 Å². The maximum Gasteiger partial charge on any atom is 0.135 e. The van der Waals surface area contributed by atoms with Crippen LogP contribution in [0.25, 0.3) is 11.0 Å². The largest absolute Gasteiger partial charge is 0.388 e. The summed E-state index contributed by atoms with van der Waals surface area (Å²) >= 11 is 5.94. The van der Waals surface area contributed by atoms with Crippen LogP contribution < -0.4 is 0 Å². The molecule has 0 saturated carbocycles. The van der Waals surface area contributed by atoms with E-state index in [2.05, 4.69) is 4.98 Å². The summed E-state index contributed by atoms with van der Waals surface area (Å²) in [5, 5.41) is 10.0. The lowest BCUT2D eigenvalue weighted by molar-refractivity contribution is 0.141. The monoisotopic (exact) mass is 268 g/mol. The van der Waals surface area contributed by atoms with E-state index in [9.17, 15) is 5.11 Å². The standard InChI is InChI=1S/C13H17ClN2O2/c1-2-18-7-3-6-16-12-5-4-10(14)8-11(12)15-13(16)9-17/h4-5,8,17H,2-3,6-7,9H2,1H3. The van der Waals surface area contributed by atoms with Crippen molar-refractivity contribution in [3.8, 4) is 0 Å². The Bertz CT molecular complexity index is 525. The predicted octanol–water partition coefficient (Wildman–Crippen LogP) is 2.61. The Kier molecular flexibility index (Phi) is 4.58. The van der Waals surface area contributed by atoms with Crippen molar-refractivity contribution in [3.63, 3.8) is 0 Å². The molecule has 1 aromatic heterocycles. The van der Waals surface area contributed by atoms with Gasteiger partial charge in [0.15, 0.2) is 0 Å². The van der Waals surface area contributed by atoms with E-state index < -0.39 is 0 Å². The predicted molar refractivity (Wildman–Crippen MR) is 71.8 cm³/mol. The molecule has 0 fully saturated rings. The van der Waals surface area contributed by atoms with Gasteiger partial charge in [-0.3, -0.25) is 0 Å². The van der Waals surface area contributed by atoms with Crippen LogP contribution in [0.3, 0.4) is 0 Å². The SMILES string of the molecule is CCOCCCn1c(CO)nc2cc(Cl)ccc21. The number of hydrogen-bond donors (Lipinski definition) is 1. The molecule has 5 heteroatoms. The second-order valence-corrected chi connectivity index (χ2v) is 4.46. The first kappa shape index (κ1) is 13.3. The van der Waals surface area contributed by atoms with Gasteiger partial charge in [0.1, 0.15) is 12.4 Å². The molecule has 0 unspecified atom stereocenters. The highest BCUT2D eigenvalue weighted by Crippen LogP contribution is 2.21. The van der Waals surface area contributed by atoms with Gasteiger partial charge in [-0.25, -0.2) is 4.98 Å². The molecular weight excluding hydrogens is 252 g/mol. The average molecular weight is 269 g/mol. The van der Waals surface area contributed by atoms with E-state index in [0.717, 1.165) is 30.6 Å². The molecule has 2 rings (SSSR count). The van der Waals surface area contributed by atoms with Crippen molar-refractivity contribution in [1.82, 2.24) is 9.55 Å². The van der Waals surface area contributed by atoms with Crippen LogP contribution in [0.4, 0.5) is 0 Å². The third-order valence-electron chi connectivity index (χ3n) is 2.81. The number of benzene rings is 1. The Hall–Kier alpha value is -1.10. The fourth-order valence-electron chi connectivity index (χ4n) is 1.99. The Morgan fingerprint density at radius 1 is 1.44 bits per heavy atom. The lowest BCUT2D eigenvalue weighted by atomic mass is 10.3. The Morgan fingerprint density at radius 3 is 3.00 bits per heavy atom. The van der Waals surface area contributed by atoms with Crippen LogP contribution in [-0.4, -0.2) is 27.9 Å². The molecule has 0 aliphatic heterocycles. The Balaban J connectivity index is 2.23. The number of ether oxygens (including phenoxy) is 1. The average Bonchev–Trinajstić information content (AvgIpc) is 2.71. The van der Waals surface area contributed by atoms with E-state index in [1.54, 1.807) is 0 Å². The number of fused-ring (bicyclic) bond motifs is 1. The maximum atomic E-state index is 9.34. The first-order valence-corrected chi connectivity index (χ1v) is 6.47. The number of nitrogens with zero attached hydrogens (tertiary/aromatic N) is 2. The number of rotatable bonds is 6. The highest BCUT2D eigenvalue weighted by Gasteiger charge is 2.09. The molecule has 0 bridgehead atoms. The highest BCUT2D eigenvalue weighted by atomic mass is 35.5. The van der Waals surface area contributed by atoms with Gasteiger partial charge in [0, 0.05) is 24.8 Å². The molecule has 18 heavy (non-hydrogen) atoms. The summed E-state index contributed by atoms with van der Waals surface area (Å²) in [4.78, 5) is 4.38. The van der Waals surface area contributed by atoms with E-state index >= 15 is 0 Å². The molecule has 0 atom stereocenters. The molecule has 1 heterocycles. The van der Waals surface area contributed by atoms with Gasteiger partial charge in [0.05, 0.1) is 11.0 Å². The summed E-state index contributed by atoms with van der Waals surface area (Å²) in [6.45, 7) is 4.14. The van der Waals surface area contributed by atoms with E-state index in [1.807, 2.05) is 29.7 Å². The van der Waals surface area contributed by atoms with Crippen molar-refractivity contribution in [2.45, 2.75) is 26.5 Å². The molecule has 1 aromatic carbocycles. The van der Waals surface area contributed by atoms with Gasteiger partial charge in [-0.1, -0.05) is 11.6 Å². The van der Waals surface area contributed by atoms with Crippen molar-refractivity contribution >= 4 is 22.6 Å². The molecule has 0 radical (unpaired) electrons. The van der Waals surface area contributed by atoms with Gasteiger partial charge < -0.3 is 14.4 Å². The van der Waals surface area contributed by atoms with Gasteiger partial charge in [0.25, 0.3) is 0 Å². The first-order valence-electron chi connectivity index (χ1n) is 6.09. The second kappa shape index (κ2) is 6.18. The maximum absolute atomic E-state index is 9.34. The quantitative estimate of drug-likeness (QED) is 0.820. The van der Waals surface area contributed by atoms with Crippen molar-refractivity contribution in [3.05, 3.63) is 29.0 Å². The fraction of sp³-hybridized carbons (Fsp3) is 0.462. The molecular formula is C13H17ClN2O2. The van der Waals surface area contributed by atoms with Crippen LogP contribution in [0.5, 0.6) is 0 Å². The summed E-state index contributed by atoms with van der Waals surface area (Å²) in [6.07, 6.45) is 0.898. The fourth-order valence-corrected chi connectivity index (χ4v) is 2.16. The summed E-state index contributed by atoms with van der Waals surface area (Å²) in [7, 11) is 0. The number of imidazole rings is 1. The molecule has 2 aromatic rings. The zero-order chi connectivity index (χ0) is 13.0. The summed E-state index contributed by atoms with van der Waals surface area (Å²) in [6, 6.07) is 5.59. The van der Waals surface area contributed by atoms with E-state index in [-0.39, 0.29) is 6.61 Å². The molecule has 0 aliphatic rings. The number of aromatic nitrogens is 2. The van der Waals surface area contributed by atoms with E-state index in [1.165, 1.54) is 0 Å². The van der Waals surface area contributed by atoms with Gasteiger partial charge in [-0.2, -0.15) is 0 Å². The van der Waals surface area contributed by atoms with Crippen LogP contribution in [0.1, 0.15) is 19.2 Å². The van der Waals surface area contributed by atoms with Crippen LogP contribution in [0, 0.1) is 0 Å². The van der Waals surface area contributed by atoms with Crippen molar-refractivity contribution in [1.29, 1.82) is 0 Å². The van der Waals surface area contributed by atoms with Crippen molar-refractivity contribution in [2.24, 2.45) is 0 Å². The topological polar surface area (TPSA) is 47.3 Å². The smallest absolute Gasteiger partial charge is 0.135 e. The molecule has 0 aliphatic carbocycles. The third-order valence-corrected chi connectivity index (χ3v) is 3.04. The number of aryl methyl sites for hydroxylation is 1. The zero-order valence-electron chi connectivity index (χ0n) is 10.4. The van der Waals surface area contributed by atoms with E-state index in [4.69, 9.17) is 16.3 Å². The molecule has 0 amide bonds. The van der Waals surface area contributed by atoms with Crippen molar-refractivity contribution < 1.29 is 9.84 Å². The zero-order valence-corrected chi connectivity index (χ0v) is 11.2. The van der Waals surface area contributed by atoms with Crippen molar-refractivity contribution in [2.75, 3.05) is 13.2 Å². The Labute approximate surface area is 111 Å². The van der Waals surface area contributed by atoms with Gasteiger partial charge in [-0.15, -0.1) is 0 Å². The third kappa shape index (κ3) is 2.83. The minimum absolute atomic E-state index is 0.0685. The van der Waals surface area contributed by atoms with Crippen LogP contribution in [0.15, 0.2) is 18.2 Å². The summed E-state index contributed by atoms with van der Waals surface area (Å²) < 4.78 is 7.34. The lowest BCUT2D eigenvalue weighted by Crippen LogP contribution is -2.06. The lowest BCUT2D eigenvalue weighted by Gasteiger charge is -2.07. The summed E-state index contributed by atoms with van der Waals surface area (Å²) in [5.41, 5.74) is 1.82. The van der Waals surface area contributed by atoms with Gasteiger partial charge >= 0.3 is 0 Å². The molecule has 0 spiro atoms. The molecule has 1 N–H and O–H groups in total. The highest BCUT2D eigenvalue weighted by molar-refractivity contribution is 6.31. The number of hydrogen-bond acceptors (Lipinski definition) is 3. The minimum atomic E-state index is -0.0685. The molecule has 0 saturated heterocycles. The number of aliphatic hydroxyl groups is 1. The summed E-state index contributed by atoms with van der Waals surface area (Å²) in [5.74, 6) is 0.670. The second-order valence-electron chi connectivity index (χ2n) is 4.02. The van der Waals surface area contributed by atoms with E-state index in [0.29, 0.717) is 17.5 Å². The normalized spacial score (nSPS) is 11.3. The molecule has 98 valence electrons. The first-order chi connectivity index (χ1) is 8.76. The number of halogens is 1. The molecule has 4 nitrogen and oxygen atoms in total. The minimum Gasteiger partial charge on any atom is -0.388 e. The van der Waals surface area contributed by atoms with Crippen LogP contribution in [-0.2, 0) is 17.9 Å². The van der Waals surface area contributed by atoms with Crippen LogP contribution >= 0.6 is 11.6 Å².